The molecule has 18 heavy (non-hydrogen) atoms. The van der Waals surface area contributed by atoms with Crippen LogP contribution in [-0.4, -0.2) is 26.1 Å². The first-order valence-corrected chi connectivity index (χ1v) is 6.04. The van der Waals surface area contributed by atoms with E-state index in [-0.39, 0.29) is 11.9 Å². The Morgan fingerprint density at radius 2 is 1.94 bits per heavy atom. The van der Waals surface area contributed by atoms with Gasteiger partial charge in [0.2, 0.25) is 5.91 Å². The van der Waals surface area contributed by atoms with E-state index in [1.807, 2.05) is 32.9 Å². The van der Waals surface area contributed by atoms with Gasteiger partial charge in [-0.25, -0.2) is 0 Å². The number of rotatable bonds is 4. The van der Waals surface area contributed by atoms with Gasteiger partial charge in [0.1, 0.15) is 5.75 Å². The predicted molar refractivity (Wildman–Crippen MR) is 74.1 cm³/mol. The summed E-state index contributed by atoms with van der Waals surface area (Å²) in [7, 11) is 3.36. The summed E-state index contributed by atoms with van der Waals surface area (Å²) in [5, 5.41) is 0. The molecule has 0 radical (unpaired) electrons. The van der Waals surface area contributed by atoms with E-state index in [2.05, 4.69) is 0 Å². The molecular formula is C14H22N2O2. The number of hydrogen-bond acceptors (Lipinski definition) is 3. The monoisotopic (exact) mass is 250 g/mol. The third-order valence-corrected chi connectivity index (χ3v) is 3.03. The van der Waals surface area contributed by atoms with Crippen LogP contribution in [0.5, 0.6) is 5.75 Å². The fourth-order valence-corrected chi connectivity index (χ4v) is 1.75. The van der Waals surface area contributed by atoms with Crippen LogP contribution < -0.4 is 15.4 Å². The topological polar surface area (TPSA) is 55.6 Å². The lowest BCUT2D eigenvalue weighted by atomic mass is 10.1. The van der Waals surface area contributed by atoms with Crippen molar-refractivity contribution in [2.45, 2.75) is 33.2 Å². The molecule has 0 saturated heterocycles. The molecule has 0 saturated carbocycles. The van der Waals surface area contributed by atoms with Crippen molar-refractivity contribution in [3.8, 4) is 5.75 Å². The van der Waals surface area contributed by atoms with E-state index in [0.717, 1.165) is 16.8 Å². The van der Waals surface area contributed by atoms with Crippen LogP contribution in [0, 0.1) is 13.8 Å². The highest BCUT2D eigenvalue weighted by Gasteiger charge is 2.17. The van der Waals surface area contributed by atoms with Gasteiger partial charge in [-0.05, 0) is 44.0 Å². The Hall–Kier alpha value is -1.55. The lowest BCUT2D eigenvalue weighted by molar-refractivity contribution is -0.118. The second-order valence-corrected chi connectivity index (χ2v) is 4.74. The van der Waals surface area contributed by atoms with Crippen molar-refractivity contribution >= 4 is 11.6 Å². The largest absolute Gasteiger partial charge is 0.495 e. The van der Waals surface area contributed by atoms with Gasteiger partial charge in [0.15, 0.2) is 0 Å². The second kappa shape index (κ2) is 5.87. The van der Waals surface area contributed by atoms with Gasteiger partial charge in [0.05, 0.1) is 12.8 Å². The van der Waals surface area contributed by atoms with E-state index in [4.69, 9.17) is 10.5 Å². The zero-order chi connectivity index (χ0) is 13.9. The Morgan fingerprint density at radius 1 is 1.39 bits per heavy atom. The molecule has 1 amide bonds. The molecule has 0 bridgehead atoms. The number of benzene rings is 1. The lowest BCUT2D eigenvalue weighted by Crippen LogP contribution is -2.32. The number of aryl methyl sites for hydroxylation is 2. The van der Waals surface area contributed by atoms with Gasteiger partial charge in [0, 0.05) is 19.5 Å². The Labute approximate surface area is 109 Å². The van der Waals surface area contributed by atoms with E-state index in [0.29, 0.717) is 12.2 Å². The zero-order valence-electron chi connectivity index (χ0n) is 11.8. The van der Waals surface area contributed by atoms with Crippen LogP contribution in [0.4, 0.5) is 5.69 Å². The summed E-state index contributed by atoms with van der Waals surface area (Å²) in [6, 6.07) is 3.77. The summed E-state index contributed by atoms with van der Waals surface area (Å²) in [6.07, 6.45) is 0.326. The number of carbonyl (C=O) groups excluding carboxylic acids is 1. The standard InChI is InChI=1S/C14H22N2O2/c1-9-6-12(13(18-5)7-10(9)2)16(4)14(17)8-11(3)15/h6-7,11H,8,15H2,1-5H3. The molecule has 1 rings (SSSR count). The van der Waals surface area contributed by atoms with Crippen molar-refractivity contribution in [2.75, 3.05) is 19.1 Å². The molecule has 0 aliphatic carbocycles. The molecule has 0 spiro atoms. The molecule has 1 aromatic rings. The fourth-order valence-electron chi connectivity index (χ4n) is 1.75. The maximum absolute atomic E-state index is 12.0. The third-order valence-electron chi connectivity index (χ3n) is 3.03. The van der Waals surface area contributed by atoms with Crippen LogP contribution in [-0.2, 0) is 4.79 Å². The summed E-state index contributed by atoms with van der Waals surface area (Å²) in [4.78, 5) is 13.6. The Balaban J connectivity index is 3.08. The van der Waals surface area contributed by atoms with Crippen LogP contribution in [0.2, 0.25) is 0 Å². The average molecular weight is 250 g/mol. The minimum atomic E-state index is -0.141. The van der Waals surface area contributed by atoms with Gasteiger partial charge in [-0.15, -0.1) is 0 Å². The Kier molecular flexibility index (Phi) is 4.73. The minimum Gasteiger partial charge on any atom is -0.495 e. The van der Waals surface area contributed by atoms with Crippen molar-refractivity contribution in [1.29, 1.82) is 0 Å². The molecule has 100 valence electrons. The number of anilines is 1. The molecule has 4 heteroatoms. The number of nitrogens with two attached hydrogens (primary N) is 1. The van der Waals surface area contributed by atoms with Crippen LogP contribution in [0.15, 0.2) is 12.1 Å². The zero-order valence-corrected chi connectivity index (χ0v) is 11.8. The normalized spacial score (nSPS) is 12.1. The second-order valence-electron chi connectivity index (χ2n) is 4.74. The predicted octanol–water partition coefficient (Wildman–Crippen LogP) is 2.01. The maximum atomic E-state index is 12.0. The van der Waals surface area contributed by atoms with Crippen molar-refractivity contribution in [3.05, 3.63) is 23.3 Å². The molecular weight excluding hydrogens is 228 g/mol. The number of ether oxygens (including phenoxy) is 1. The van der Waals surface area contributed by atoms with Crippen LogP contribution >= 0.6 is 0 Å². The molecule has 0 aliphatic rings. The molecule has 0 aromatic heterocycles. The van der Waals surface area contributed by atoms with E-state index in [1.165, 1.54) is 0 Å². The SMILES string of the molecule is COc1cc(C)c(C)cc1N(C)C(=O)CC(C)N. The number of nitrogens with zero attached hydrogens (tertiary/aromatic N) is 1. The van der Waals surface area contributed by atoms with Crippen LogP contribution in [0.25, 0.3) is 0 Å². The van der Waals surface area contributed by atoms with Crippen molar-refractivity contribution in [1.82, 2.24) is 0 Å². The number of hydrogen-bond donors (Lipinski definition) is 1. The highest BCUT2D eigenvalue weighted by molar-refractivity contribution is 5.94. The molecule has 1 aromatic carbocycles. The van der Waals surface area contributed by atoms with Gasteiger partial charge in [-0.2, -0.15) is 0 Å². The molecule has 0 fully saturated rings. The first kappa shape index (κ1) is 14.5. The molecule has 1 atom stereocenters. The highest BCUT2D eigenvalue weighted by Crippen LogP contribution is 2.31. The molecule has 1 unspecified atom stereocenters. The van der Waals surface area contributed by atoms with E-state index in [1.54, 1.807) is 19.1 Å². The Bertz CT molecular complexity index is 442. The summed E-state index contributed by atoms with van der Waals surface area (Å²) in [5.41, 5.74) is 8.71. The van der Waals surface area contributed by atoms with Gasteiger partial charge in [0.25, 0.3) is 0 Å². The maximum Gasteiger partial charge on any atom is 0.228 e. The summed E-state index contributed by atoms with van der Waals surface area (Å²) < 4.78 is 5.33. The fraction of sp³-hybridized carbons (Fsp3) is 0.500. The highest BCUT2D eigenvalue weighted by atomic mass is 16.5. The van der Waals surface area contributed by atoms with Crippen LogP contribution in [0.1, 0.15) is 24.5 Å². The van der Waals surface area contributed by atoms with Gasteiger partial charge >= 0.3 is 0 Å². The van der Waals surface area contributed by atoms with Gasteiger partial charge in [-0.3, -0.25) is 4.79 Å². The summed E-state index contributed by atoms with van der Waals surface area (Å²) in [6.45, 7) is 5.86. The van der Waals surface area contributed by atoms with Crippen molar-refractivity contribution in [2.24, 2.45) is 5.73 Å². The summed E-state index contributed by atoms with van der Waals surface area (Å²) >= 11 is 0. The van der Waals surface area contributed by atoms with E-state index in [9.17, 15) is 4.79 Å². The van der Waals surface area contributed by atoms with E-state index < -0.39 is 0 Å². The number of amides is 1. The average Bonchev–Trinajstić information content (AvgIpc) is 2.30. The third kappa shape index (κ3) is 3.23. The first-order chi connectivity index (χ1) is 8.36. The summed E-state index contributed by atoms with van der Waals surface area (Å²) in [5.74, 6) is 0.699. The number of methoxy groups -OCH3 is 1. The Morgan fingerprint density at radius 3 is 2.44 bits per heavy atom. The molecule has 4 nitrogen and oxygen atoms in total. The molecule has 2 N–H and O–H groups in total. The first-order valence-electron chi connectivity index (χ1n) is 6.04. The minimum absolute atomic E-state index is 0.00782. The van der Waals surface area contributed by atoms with Crippen molar-refractivity contribution in [3.63, 3.8) is 0 Å². The van der Waals surface area contributed by atoms with Crippen molar-refractivity contribution < 1.29 is 9.53 Å². The lowest BCUT2D eigenvalue weighted by Gasteiger charge is -2.22. The van der Waals surface area contributed by atoms with E-state index >= 15 is 0 Å². The van der Waals surface area contributed by atoms with Crippen LogP contribution in [0.3, 0.4) is 0 Å². The molecule has 0 aliphatic heterocycles. The number of carbonyl (C=O) groups is 1. The quantitative estimate of drug-likeness (QED) is 0.889. The van der Waals surface area contributed by atoms with Gasteiger partial charge < -0.3 is 15.4 Å². The smallest absolute Gasteiger partial charge is 0.228 e. The molecule has 0 heterocycles. The van der Waals surface area contributed by atoms with Gasteiger partial charge in [-0.1, -0.05) is 0 Å².